The molecule has 0 aliphatic carbocycles. The number of hydrogen-bond acceptors (Lipinski definition) is 6. The van der Waals surface area contributed by atoms with Gasteiger partial charge >= 0.3 is 12.1 Å². The molecule has 1 aliphatic heterocycles. The smallest absolute Gasteiger partial charge is 0.408 e. The summed E-state index contributed by atoms with van der Waals surface area (Å²) in [7, 11) is 1.21. The Morgan fingerprint density at radius 3 is 2.33 bits per heavy atom. The van der Waals surface area contributed by atoms with Crippen LogP contribution in [-0.4, -0.2) is 53.6 Å². The van der Waals surface area contributed by atoms with Crippen molar-refractivity contribution in [2.45, 2.75) is 65.1 Å². The molecule has 0 bridgehead atoms. The van der Waals surface area contributed by atoms with Gasteiger partial charge < -0.3 is 14.8 Å². The van der Waals surface area contributed by atoms with Gasteiger partial charge in [0.25, 0.3) is 5.91 Å². The van der Waals surface area contributed by atoms with Crippen LogP contribution in [0.15, 0.2) is 0 Å². The molecule has 8 nitrogen and oxygen atoms in total. The SMILES string of the molecule is COC(=O)[C@H](CC(C)C)N1C(=O)C[C@@H](NC(=O)OC(C)(C)C)C1=O. The van der Waals surface area contributed by atoms with Crippen LogP contribution in [0.2, 0.25) is 0 Å². The Balaban J connectivity index is 2.88. The number of esters is 1. The Hall–Kier alpha value is -2.12. The fourth-order valence-corrected chi connectivity index (χ4v) is 2.43. The molecule has 0 spiro atoms. The van der Waals surface area contributed by atoms with Crippen molar-refractivity contribution in [3.8, 4) is 0 Å². The molecular formula is C16H26N2O6. The van der Waals surface area contributed by atoms with Crippen LogP contribution in [0.1, 0.15) is 47.5 Å². The summed E-state index contributed by atoms with van der Waals surface area (Å²) >= 11 is 0. The van der Waals surface area contributed by atoms with Gasteiger partial charge in [-0.15, -0.1) is 0 Å². The minimum Gasteiger partial charge on any atom is -0.467 e. The number of ether oxygens (including phenoxy) is 2. The average molecular weight is 342 g/mol. The van der Waals surface area contributed by atoms with Crippen molar-refractivity contribution >= 4 is 23.9 Å². The minimum absolute atomic E-state index is 0.0764. The van der Waals surface area contributed by atoms with Crippen molar-refractivity contribution in [3.05, 3.63) is 0 Å². The first-order valence-corrected chi connectivity index (χ1v) is 7.89. The van der Waals surface area contributed by atoms with Crippen LogP contribution in [-0.2, 0) is 23.9 Å². The number of hydrogen-bond donors (Lipinski definition) is 1. The monoisotopic (exact) mass is 342 g/mol. The van der Waals surface area contributed by atoms with Crippen LogP contribution in [0, 0.1) is 5.92 Å². The second-order valence-electron chi connectivity index (χ2n) is 7.17. The van der Waals surface area contributed by atoms with E-state index in [1.54, 1.807) is 20.8 Å². The molecule has 1 aliphatic rings. The lowest BCUT2D eigenvalue weighted by molar-refractivity contribution is -0.157. The highest BCUT2D eigenvalue weighted by atomic mass is 16.6. The normalized spacial score (nSPS) is 19.5. The highest BCUT2D eigenvalue weighted by Gasteiger charge is 2.46. The molecule has 0 radical (unpaired) electrons. The van der Waals surface area contributed by atoms with Gasteiger partial charge in [-0.1, -0.05) is 13.8 Å². The average Bonchev–Trinajstić information content (AvgIpc) is 2.67. The molecule has 1 heterocycles. The Morgan fingerprint density at radius 2 is 1.88 bits per heavy atom. The van der Waals surface area contributed by atoms with E-state index < -0.39 is 41.6 Å². The second kappa shape index (κ2) is 7.63. The van der Waals surface area contributed by atoms with Crippen LogP contribution >= 0.6 is 0 Å². The maximum atomic E-state index is 12.5. The number of carbonyl (C=O) groups excluding carboxylic acids is 4. The third-order valence-corrected chi connectivity index (χ3v) is 3.35. The van der Waals surface area contributed by atoms with Gasteiger partial charge in [0.05, 0.1) is 13.5 Å². The Bertz CT molecular complexity index is 523. The molecule has 1 fully saturated rings. The summed E-state index contributed by atoms with van der Waals surface area (Å²) in [5.41, 5.74) is -0.721. The molecule has 8 heteroatoms. The van der Waals surface area contributed by atoms with Crippen LogP contribution in [0.4, 0.5) is 4.79 Å². The number of rotatable bonds is 5. The van der Waals surface area contributed by atoms with E-state index in [-0.39, 0.29) is 12.3 Å². The van der Waals surface area contributed by atoms with Gasteiger partial charge in [-0.3, -0.25) is 14.5 Å². The van der Waals surface area contributed by atoms with Crippen molar-refractivity contribution in [3.63, 3.8) is 0 Å². The molecule has 2 atom stereocenters. The minimum atomic E-state index is -1.04. The molecule has 0 saturated carbocycles. The van der Waals surface area contributed by atoms with Crippen molar-refractivity contribution in [1.82, 2.24) is 10.2 Å². The van der Waals surface area contributed by atoms with Crippen molar-refractivity contribution < 1.29 is 28.7 Å². The summed E-state index contributed by atoms with van der Waals surface area (Å²) in [5, 5.41) is 2.39. The Kier molecular flexibility index (Phi) is 6.34. The van der Waals surface area contributed by atoms with Gasteiger partial charge in [0.2, 0.25) is 5.91 Å². The van der Waals surface area contributed by atoms with E-state index in [0.717, 1.165) is 4.90 Å². The van der Waals surface area contributed by atoms with Crippen LogP contribution in [0.5, 0.6) is 0 Å². The molecule has 1 N–H and O–H groups in total. The van der Waals surface area contributed by atoms with E-state index >= 15 is 0 Å². The zero-order valence-electron chi connectivity index (χ0n) is 15.0. The topological polar surface area (TPSA) is 102 Å². The van der Waals surface area contributed by atoms with Crippen molar-refractivity contribution in [1.29, 1.82) is 0 Å². The van der Waals surface area contributed by atoms with Gasteiger partial charge in [-0.05, 0) is 33.1 Å². The van der Waals surface area contributed by atoms with Crippen LogP contribution in [0.3, 0.4) is 0 Å². The standard InChI is InChI=1S/C16H26N2O6/c1-9(2)7-11(14(21)23-6)18-12(19)8-10(13(18)20)17-15(22)24-16(3,4)5/h9-11H,7-8H2,1-6H3,(H,17,22)/t10-,11+/m1/s1. The fraction of sp³-hybridized carbons (Fsp3) is 0.750. The lowest BCUT2D eigenvalue weighted by atomic mass is 10.0. The van der Waals surface area contributed by atoms with E-state index in [0.29, 0.717) is 6.42 Å². The molecular weight excluding hydrogens is 316 g/mol. The maximum Gasteiger partial charge on any atom is 0.408 e. The first-order valence-electron chi connectivity index (χ1n) is 7.89. The lowest BCUT2D eigenvalue weighted by Crippen LogP contribution is -2.49. The molecule has 0 unspecified atom stereocenters. The number of nitrogens with one attached hydrogen (secondary N) is 1. The predicted molar refractivity (Wildman–Crippen MR) is 84.9 cm³/mol. The summed E-state index contributed by atoms with van der Waals surface area (Å²) < 4.78 is 9.80. The van der Waals surface area contributed by atoms with Crippen LogP contribution < -0.4 is 5.32 Å². The van der Waals surface area contributed by atoms with E-state index in [2.05, 4.69) is 5.32 Å². The first-order chi connectivity index (χ1) is 11.0. The third-order valence-electron chi connectivity index (χ3n) is 3.35. The van der Waals surface area contributed by atoms with Crippen molar-refractivity contribution in [2.24, 2.45) is 5.92 Å². The molecule has 24 heavy (non-hydrogen) atoms. The third kappa shape index (κ3) is 5.21. The second-order valence-corrected chi connectivity index (χ2v) is 7.17. The predicted octanol–water partition coefficient (Wildman–Crippen LogP) is 1.23. The Labute approximate surface area is 141 Å². The lowest BCUT2D eigenvalue weighted by Gasteiger charge is -2.26. The molecule has 1 rings (SSSR count). The van der Waals surface area contributed by atoms with Gasteiger partial charge in [0.1, 0.15) is 17.7 Å². The zero-order valence-corrected chi connectivity index (χ0v) is 15.0. The largest absolute Gasteiger partial charge is 0.467 e. The number of imide groups is 1. The fourth-order valence-electron chi connectivity index (χ4n) is 2.43. The number of alkyl carbamates (subject to hydrolysis) is 1. The van der Waals surface area contributed by atoms with Gasteiger partial charge in [-0.2, -0.15) is 0 Å². The van der Waals surface area contributed by atoms with Gasteiger partial charge in [0, 0.05) is 0 Å². The quantitative estimate of drug-likeness (QED) is 0.595. The number of nitrogens with zero attached hydrogens (tertiary/aromatic N) is 1. The van der Waals surface area contributed by atoms with E-state index in [9.17, 15) is 19.2 Å². The highest BCUT2D eigenvalue weighted by molar-refractivity contribution is 6.09. The van der Waals surface area contributed by atoms with Crippen molar-refractivity contribution in [2.75, 3.05) is 7.11 Å². The van der Waals surface area contributed by atoms with E-state index in [1.165, 1.54) is 7.11 Å². The summed E-state index contributed by atoms with van der Waals surface area (Å²) in [6.45, 7) is 8.82. The maximum absolute atomic E-state index is 12.5. The number of amides is 3. The molecule has 3 amide bonds. The summed E-state index contributed by atoms with van der Waals surface area (Å²) in [6.07, 6.45) is -0.693. The summed E-state index contributed by atoms with van der Waals surface area (Å²) in [6, 6.07) is -2.02. The van der Waals surface area contributed by atoms with E-state index in [1.807, 2.05) is 13.8 Å². The highest BCUT2D eigenvalue weighted by Crippen LogP contribution is 2.22. The number of methoxy groups -OCH3 is 1. The molecule has 136 valence electrons. The van der Waals surface area contributed by atoms with Gasteiger partial charge in [0.15, 0.2) is 0 Å². The van der Waals surface area contributed by atoms with Gasteiger partial charge in [-0.25, -0.2) is 9.59 Å². The number of carbonyl (C=O) groups is 4. The zero-order chi connectivity index (χ0) is 18.7. The Morgan fingerprint density at radius 1 is 1.29 bits per heavy atom. The number of likely N-dealkylation sites (tertiary alicyclic amines) is 1. The first kappa shape index (κ1) is 19.9. The molecule has 0 aromatic heterocycles. The molecule has 1 saturated heterocycles. The molecule has 0 aromatic carbocycles. The summed E-state index contributed by atoms with van der Waals surface area (Å²) in [5.74, 6) is -1.71. The summed E-state index contributed by atoms with van der Waals surface area (Å²) in [4.78, 5) is 49.4. The van der Waals surface area contributed by atoms with Crippen LogP contribution in [0.25, 0.3) is 0 Å². The molecule has 0 aromatic rings. The van der Waals surface area contributed by atoms with E-state index in [4.69, 9.17) is 9.47 Å².